The third kappa shape index (κ3) is 5.23. The van der Waals surface area contributed by atoms with Crippen molar-refractivity contribution in [3.05, 3.63) is 27.1 Å². The largest absolute Gasteiger partial charge is 0.464 e. The third-order valence-electron chi connectivity index (χ3n) is 5.24. The molecule has 29 heavy (non-hydrogen) atoms. The molecule has 1 fully saturated rings. The number of rotatable bonds is 8. The summed E-state index contributed by atoms with van der Waals surface area (Å²) < 4.78 is 12.1. The molecule has 0 atom stereocenters. The Balaban J connectivity index is 1.74. The molecule has 0 aliphatic heterocycles. The molecule has 0 radical (unpaired) electrons. The van der Waals surface area contributed by atoms with E-state index < -0.39 is 11.9 Å². The fourth-order valence-electron chi connectivity index (χ4n) is 3.58. The number of thiophene rings is 1. The van der Waals surface area contributed by atoms with E-state index in [1.165, 1.54) is 28.7 Å². The highest BCUT2D eigenvalue weighted by Crippen LogP contribution is 2.29. The van der Waals surface area contributed by atoms with Crippen LogP contribution < -0.4 is 5.56 Å². The van der Waals surface area contributed by atoms with Crippen molar-refractivity contribution in [3.8, 4) is 0 Å². The Bertz CT molecular complexity index is 927. The van der Waals surface area contributed by atoms with Gasteiger partial charge >= 0.3 is 11.9 Å². The van der Waals surface area contributed by atoms with Gasteiger partial charge in [-0.25, -0.2) is 9.78 Å². The predicted octanol–water partition coefficient (Wildman–Crippen LogP) is 3.99. The average molecular weight is 421 g/mol. The second-order valence-electron chi connectivity index (χ2n) is 7.51. The van der Waals surface area contributed by atoms with Crippen LogP contribution in [0.4, 0.5) is 0 Å². The number of carbonyl (C=O) groups excluding carboxylic acids is 2. The highest BCUT2D eigenvalue weighted by molar-refractivity contribution is 7.20. The Labute approximate surface area is 174 Å². The van der Waals surface area contributed by atoms with Gasteiger partial charge in [-0.15, -0.1) is 11.3 Å². The quantitative estimate of drug-likeness (QED) is 0.474. The summed E-state index contributed by atoms with van der Waals surface area (Å²) in [5.74, 6) is -0.854. The zero-order valence-corrected chi connectivity index (χ0v) is 17.9. The van der Waals surface area contributed by atoms with Gasteiger partial charge in [0.1, 0.15) is 22.4 Å². The Morgan fingerprint density at radius 2 is 2.00 bits per heavy atom. The molecule has 7 nitrogen and oxygen atoms in total. The molecular formula is C21H28N2O5S. The molecule has 2 aromatic rings. The van der Waals surface area contributed by atoms with E-state index in [4.69, 9.17) is 9.47 Å². The van der Waals surface area contributed by atoms with Crippen molar-refractivity contribution in [3.63, 3.8) is 0 Å². The predicted molar refractivity (Wildman–Crippen MR) is 111 cm³/mol. The molecule has 158 valence electrons. The van der Waals surface area contributed by atoms with Gasteiger partial charge in [-0.1, -0.05) is 26.2 Å². The van der Waals surface area contributed by atoms with Gasteiger partial charge < -0.3 is 9.47 Å². The smallest absolute Gasteiger partial charge is 0.348 e. The number of hydrogen-bond donors (Lipinski definition) is 0. The summed E-state index contributed by atoms with van der Waals surface area (Å²) in [5.41, 5.74) is 0.222. The summed E-state index contributed by atoms with van der Waals surface area (Å²) in [4.78, 5) is 42.7. The Hall–Kier alpha value is -2.22. The summed E-state index contributed by atoms with van der Waals surface area (Å²) in [7, 11) is 0. The van der Waals surface area contributed by atoms with Crippen molar-refractivity contribution >= 4 is 33.5 Å². The molecule has 2 heterocycles. The summed E-state index contributed by atoms with van der Waals surface area (Å²) in [5, 5.41) is 0.367. The Morgan fingerprint density at radius 1 is 1.24 bits per heavy atom. The summed E-state index contributed by atoms with van der Waals surface area (Å²) in [6, 6.07) is 0. The minimum Gasteiger partial charge on any atom is -0.464 e. The van der Waals surface area contributed by atoms with E-state index >= 15 is 0 Å². The molecule has 0 saturated heterocycles. The number of carbonyl (C=O) groups is 2. The van der Waals surface area contributed by atoms with E-state index in [1.807, 2.05) is 0 Å². The van der Waals surface area contributed by atoms with Crippen LogP contribution in [-0.2, 0) is 20.8 Å². The lowest BCUT2D eigenvalue weighted by atomic mass is 9.98. The number of aryl methyl sites for hydroxylation is 1. The SMILES string of the molecule is CCCCCOC(=O)Cn1cnc2sc(C(=O)OC3CCCCC3)c(C)c2c1=O. The van der Waals surface area contributed by atoms with Crippen LogP contribution in [0.25, 0.3) is 10.2 Å². The average Bonchev–Trinajstić information content (AvgIpc) is 3.05. The number of fused-ring (bicyclic) bond motifs is 1. The highest BCUT2D eigenvalue weighted by atomic mass is 32.1. The van der Waals surface area contributed by atoms with Crippen LogP contribution in [0.2, 0.25) is 0 Å². The van der Waals surface area contributed by atoms with E-state index in [2.05, 4.69) is 11.9 Å². The van der Waals surface area contributed by atoms with Gasteiger partial charge in [0.05, 0.1) is 18.3 Å². The van der Waals surface area contributed by atoms with Crippen LogP contribution >= 0.6 is 11.3 Å². The maximum absolute atomic E-state index is 12.9. The van der Waals surface area contributed by atoms with Crippen molar-refractivity contribution in [2.24, 2.45) is 0 Å². The molecule has 0 aromatic carbocycles. The standard InChI is InChI=1S/C21H28N2O5S/c1-3-4-8-11-27-16(24)12-23-13-22-19-17(20(23)25)14(2)18(29-19)21(26)28-15-9-6-5-7-10-15/h13,15H,3-12H2,1-2H3. The molecule has 0 unspecified atom stereocenters. The van der Waals surface area contributed by atoms with E-state index in [9.17, 15) is 14.4 Å². The van der Waals surface area contributed by atoms with Gasteiger partial charge in [0.15, 0.2) is 0 Å². The molecule has 1 aliphatic rings. The van der Waals surface area contributed by atoms with Crippen LogP contribution in [-0.4, -0.2) is 34.2 Å². The fourth-order valence-corrected chi connectivity index (χ4v) is 4.60. The van der Waals surface area contributed by atoms with Gasteiger partial charge in [0.2, 0.25) is 0 Å². The van der Waals surface area contributed by atoms with Gasteiger partial charge in [-0.05, 0) is 44.6 Å². The van der Waals surface area contributed by atoms with Crippen LogP contribution in [0.1, 0.15) is 73.5 Å². The minimum absolute atomic E-state index is 0.0482. The number of unbranched alkanes of at least 4 members (excludes halogenated alkanes) is 2. The second kappa shape index (κ2) is 10.0. The van der Waals surface area contributed by atoms with E-state index in [0.29, 0.717) is 27.3 Å². The van der Waals surface area contributed by atoms with Crippen molar-refractivity contribution in [2.45, 2.75) is 77.9 Å². The van der Waals surface area contributed by atoms with Crippen molar-refractivity contribution in [1.29, 1.82) is 0 Å². The lowest BCUT2D eigenvalue weighted by molar-refractivity contribution is -0.144. The van der Waals surface area contributed by atoms with Gasteiger partial charge in [-0.3, -0.25) is 14.2 Å². The zero-order chi connectivity index (χ0) is 20.8. The lowest BCUT2D eigenvalue weighted by Crippen LogP contribution is -2.26. The number of nitrogens with zero attached hydrogens (tertiary/aromatic N) is 2. The minimum atomic E-state index is -0.464. The first kappa shape index (κ1) is 21.5. The van der Waals surface area contributed by atoms with E-state index in [-0.39, 0.29) is 18.2 Å². The second-order valence-corrected chi connectivity index (χ2v) is 8.51. The van der Waals surface area contributed by atoms with Crippen LogP contribution in [0.5, 0.6) is 0 Å². The monoisotopic (exact) mass is 420 g/mol. The molecule has 2 aromatic heterocycles. The highest BCUT2D eigenvalue weighted by Gasteiger charge is 2.24. The maximum atomic E-state index is 12.9. The van der Waals surface area contributed by atoms with Crippen LogP contribution in [0.3, 0.4) is 0 Å². The first-order chi connectivity index (χ1) is 14.0. The summed E-state index contributed by atoms with van der Waals surface area (Å²) in [6.07, 6.45) is 9.24. The first-order valence-electron chi connectivity index (χ1n) is 10.4. The molecule has 3 rings (SSSR count). The molecule has 0 bridgehead atoms. The van der Waals surface area contributed by atoms with Crippen molar-refractivity contribution < 1.29 is 19.1 Å². The van der Waals surface area contributed by atoms with Gasteiger partial charge in [0, 0.05) is 0 Å². The topological polar surface area (TPSA) is 87.5 Å². The number of ether oxygens (including phenoxy) is 2. The van der Waals surface area contributed by atoms with Gasteiger partial charge in [-0.2, -0.15) is 0 Å². The van der Waals surface area contributed by atoms with Crippen LogP contribution in [0.15, 0.2) is 11.1 Å². The summed E-state index contributed by atoms with van der Waals surface area (Å²) in [6.45, 7) is 3.97. The molecule has 0 spiro atoms. The van der Waals surface area contributed by atoms with Crippen molar-refractivity contribution in [1.82, 2.24) is 9.55 Å². The molecule has 0 N–H and O–H groups in total. The summed E-state index contributed by atoms with van der Waals surface area (Å²) >= 11 is 1.17. The molecular weight excluding hydrogens is 392 g/mol. The van der Waals surface area contributed by atoms with Crippen LogP contribution in [0, 0.1) is 6.92 Å². The maximum Gasteiger partial charge on any atom is 0.348 e. The normalized spacial score (nSPS) is 14.8. The zero-order valence-electron chi connectivity index (χ0n) is 17.1. The first-order valence-corrected chi connectivity index (χ1v) is 11.2. The lowest BCUT2D eigenvalue weighted by Gasteiger charge is -2.21. The molecule has 1 aliphatic carbocycles. The number of aromatic nitrogens is 2. The fraction of sp³-hybridized carbons (Fsp3) is 0.619. The third-order valence-corrected chi connectivity index (χ3v) is 6.42. The van der Waals surface area contributed by atoms with Gasteiger partial charge in [0.25, 0.3) is 5.56 Å². The number of hydrogen-bond acceptors (Lipinski definition) is 7. The van der Waals surface area contributed by atoms with E-state index in [0.717, 1.165) is 44.9 Å². The molecule has 8 heteroatoms. The van der Waals surface area contributed by atoms with E-state index in [1.54, 1.807) is 6.92 Å². The number of esters is 2. The molecule has 0 amide bonds. The molecule has 1 saturated carbocycles. The van der Waals surface area contributed by atoms with Crippen molar-refractivity contribution in [2.75, 3.05) is 6.61 Å². The Morgan fingerprint density at radius 3 is 2.72 bits per heavy atom. The Kier molecular flexibility index (Phi) is 7.41.